The zero-order valence-corrected chi connectivity index (χ0v) is 15.0. The Morgan fingerprint density at radius 3 is 2.64 bits per heavy atom. The van der Waals surface area contributed by atoms with E-state index in [-0.39, 0.29) is 5.91 Å². The van der Waals surface area contributed by atoms with Gasteiger partial charge >= 0.3 is 0 Å². The van der Waals surface area contributed by atoms with Crippen molar-refractivity contribution in [1.82, 2.24) is 14.8 Å². The number of hydrogen-bond acceptors (Lipinski definition) is 5. The van der Waals surface area contributed by atoms with E-state index >= 15 is 0 Å². The van der Waals surface area contributed by atoms with Gasteiger partial charge in [-0.3, -0.25) is 9.69 Å². The Bertz CT molecular complexity index is 754. The lowest BCUT2D eigenvalue weighted by Crippen LogP contribution is -2.48. The molecule has 0 bridgehead atoms. The topological polar surface area (TPSA) is 39.7 Å². The lowest BCUT2D eigenvalue weighted by Gasteiger charge is -2.35. The van der Waals surface area contributed by atoms with Gasteiger partial charge in [0.25, 0.3) is 5.91 Å². The summed E-state index contributed by atoms with van der Waals surface area (Å²) < 4.78 is 0. The third kappa shape index (κ3) is 2.93. The molecule has 0 N–H and O–H groups in total. The predicted molar refractivity (Wildman–Crippen MR) is 98.9 cm³/mol. The third-order valence-corrected chi connectivity index (χ3v) is 6.58. The van der Waals surface area contributed by atoms with E-state index < -0.39 is 0 Å². The van der Waals surface area contributed by atoms with Gasteiger partial charge in [0.05, 0.1) is 4.88 Å². The van der Waals surface area contributed by atoms with E-state index in [9.17, 15) is 4.79 Å². The van der Waals surface area contributed by atoms with Gasteiger partial charge in [-0.25, -0.2) is 4.98 Å². The summed E-state index contributed by atoms with van der Waals surface area (Å²) in [5.74, 6) is 1.21. The van der Waals surface area contributed by atoms with E-state index in [1.807, 2.05) is 29.3 Å². The first-order valence-corrected chi connectivity index (χ1v) is 9.90. The van der Waals surface area contributed by atoms with Crippen molar-refractivity contribution in [3.05, 3.63) is 45.8 Å². The summed E-state index contributed by atoms with van der Waals surface area (Å²) in [6, 6.07) is 8.93. The number of aromatic nitrogens is 1. The molecule has 0 spiro atoms. The SMILES string of the molecule is O=C(c1cc2c(s1)CN(C1CC1)C2)N1CCN(c2ccccn2)CC1. The summed E-state index contributed by atoms with van der Waals surface area (Å²) in [5.41, 5.74) is 1.38. The van der Waals surface area contributed by atoms with Gasteiger partial charge in [-0.2, -0.15) is 0 Å². The first kappa shape index (κ1) is 15.3. The molecule has 2 fully saturated rings. The van der Waals surface area contributed by atoms with E-state index in [0.717, 1.165) is 56.0 Å². The number of anilines is 1. The van der Waals surface area contributed by atoms with Crippen LogP contribution in [0.2, 0.25) is 0 Å². The number of carbonyl (C=O) groups is 1. The minimum Gasteiger partial charge on any atom is -0.353 e. The number of rotatable bonds is 3. The van der Waals surface area contributed by atoms with Gasteiger partial charge in [-0.15, -0.1) is 11.3 Å². The highest BCUT2D eigenvalue weighted by molar-refractivity contribution is 7.14. The molecule has 0 aromatic carbocycles. The molecule has 1 saturated carbocycles. The molecule has 1 saturated heterocycles. The zero-order chi connectivity index (χ0) is 16.8. The van der Waals surface area contributed by atoms with Gasteiger partial charge in [0.1, 0.15) is 5.82 Å². The van der Waals surface area contributed by atoms with Gasteiger partial charge in [0, 0.05) is 56.4 Å². The zero-order valence-electron chi connectivity index (χ0n) is 14.2. The highest BCUT2D eigenvalue weighted by atomic mass is 32.1. The number of fused-ring (bicyclic) bond motifs is 1. The molecule has 6 heteroatoms. The normalized spacial score (nSPS) is 20.8. The maximum atomic E-state index is 12.9. The Kier molecular flexibility index (Phi) is 3.75. The summed E-state index contributed by atoms with van der Waals surface area (Å²) in [4.78, 5) is 26.4. The second-order valence-corrected chi connectivity index (χ2v) is 8.30. The monoisotopic (exact) mass is 354 g/mol. The molecular weight excluding hydrogens is 332 g/mol. The van der Waals surface area contributed by atoms with E-state index in [4.69, 9.17) is 0 Å². The second kappa shape index (κ2) is 6.11. The van der Waals surface area contributed by atoms with Gasteiger partial charge < -0.3 is 9.80 Å². The molecule has 1 aliphatic carbocycles. The van der Waals surface area contributed by atoms with Crippen LogP contribution in [0.3, 0.4) is 0 Å². The number of hydrogen-bond donors (Lipinski definition) is 0. The molecule has 1 amide bonds. The summed E-state index contributed by atoms with van der Waals surface area (Å²) in [5, 5.41) is 0. The molecule has 25 heavy (non-hydrogen) atoms. The van der Waals surface area contributed by atoms with Gasteiger partial charge in [-0.1, -0.05) is 6.07 Å². The van der Waals surface area contributed by atoms with Crippen LogP contribution in [-0.2, 0) is 13.1 Å². The number of piperazine rings is 1. The maximum Gasteiger partial charge on any atom is 0.264 e. The Balaban J connectivity index is 1.22. The van der Waals surface area contributed by atoms with Gasteiger partial charge in [-0.05, 0) is 36.6 Å². The van der Waals surface area contributed by atoms with Crippen LogP contribution in [0.4, 0.5) is 5.82 Å². The van der Waals surface area contributed by atoms with Crippen molar-refractivity contribution >= 4 is 23.1 Å². The highest BCUT2D eigenvalue weighted by Crippen LogP contribution is 2.38. The van der Waals surface area contributed by atoms with Crippen LogP contribution in [0.15, 0.2) is 30.5 Å². The van der Waals surface area contributed by atoms with Crippen LogP contribution in [0.5, 0.6) is 0 Å². The molecule has 2 aromatic heterocycles. The summed E-state index contributed by atoms with van der Waals surface area (Å²) in [6.45, 7) is 5.33. The molecule has 3 aliphatic rings. The Hall–Kier alpha value is -1.92. The molecular formula is C19H22N4OS. The number of amides is 1. The lowest BCUT2D eigenvalue weighted by atomic mass is 10.2. The van der Waals surface area contributed by atoms with Crippen molar-refractivity contribution in [2.75, 3.05) is 31.1 Å². The summed E-state index contributed by atoms with van der Waals surface area (Å²) >= 11 is 1.71. The Morgan fingerprint density at radius 1 is 1.12 bits per heavy atom. The minimum absolute atomic E-state index is 0.207. The van der Waals surface area contributed by atoms with E-state index in [1.165, 1.54) is 23.3 Å². The van der Waals surface area contributed by atoms with Crippen molar-refractivity contribution < 1.29 is 4.79 Å². The fourth-order valence-electron chi connectivity index (χ4n) is 3.83. The van der Waals surface area contributed by atoms with Crippen molar-refractivity contribution in [2.45, 2.75) is 32.0 Å². The smallest absolute Gasteiger partial charge is 0.264 e. The molecule has 2 aromatic rings. The summed E-state index contributed by atoms with van der Waals surface area (Å²) in [7, 11) is 0. The van der Waals surface area contributed by atoms with Gasteiger partial charge in [0.15, 0.2) is 0 Å². The average molecular weight is 354 g/mol. The number of thiophene rings is 1. The molecule has 0 atom stereocenters. The van der Waals surface area contributed by atoms with Crippen LogP contribution in [0.25, 0.3) is 0 Å². The molecule has 130 valence electrons. The second-order valence-electron chi connectivity index (χ2n) is 7.16. The van der Waals surface area contributed by atoms with Gasteiger partial charge in [0.2, 0.25) is 0 Å². The maximum absolute atomic E-state index is 12.9. The van der Waals surface area contributed by atoms with Crippen molar-refractivity contribution in [3.8, 4) is 0 Å². The molecule has 5 nitrogen and oxygen atoms in total. The third-order valence-electron chi connectivity index (χ3n) is 5.43. The molecule has 0 unspecified atom stereocenters. The fraction of sp³-hybridized carbons (Fsp3) is 0.474. The van der Waals surface area contributed by atoms with Crippen LogP contribution in [0.1, 0.15) is 33.0 Å². The predicted octanol–water partition coefficient (Wildman–Crippen LogP) is 2.58. The van der Waals surface area contributed by atoms with Crippen LogP contribution in [0, 0.1) is 0 Å². The Morgan fingerprint density at radius 2 is 1.96 bits per heavy atom. The highest BCUT2D eigenvalue weighted by Gasteiger charge is 2.35. The fourth-order valence-corrected chi connectivity index (χ4v) is 5.00. The first-order chi connectivity index (χ1) is 12.3. The quantitative estimate of drug-likeness (QED) is 0.849. The van der Waals surface area contributed by atoms with E-state index in [1.54, 1.807) is 11.3 Å². The van der Waals surface area contributed by atoms with Crippen LogP contribution >= 0.6 is 11.3 Å². The summed E-state index contributed by atoms with van der Waals surface area (Å²) in [6.07, 6.45) is 4.52. The minimum atomic E-state index is 0.207. The van der Waals surface area contributed by atoms with Crippen molar-refractivity contribution in [3.63, 3.8) is 0 Å². The van der Waals surface area contributed by atoms with E-state index in [0.29, 0.717) is 0 Å². The largest absolute Gasteiger partial charge is 0.353 e. The lowest BCUT2D eigenvalue weighted by molar-refractivity contribution is 0.0751. The Labute approximate surface area is 151 Å². The van der Waals surface area contributed by atoms with Crippen LogP contribution in [-0.4, -0.2) is 52.9 Å². The number of carbonyl (C=O) groups excluding carboxylic acids is 1. The van der Waals surface area contributed by atoms with Crippen molar-refractivity contribution in [2.24, 2.45) is 0 Å². The molecule has 2 aliphatic heterocycles. The number of nitrogens with zero attached hydrogens (tertiary/aromatic N) is 4. The standard InChI is InChI=1S/C19H22N4OS/c24-19(16-11-14-12-23(15-4-5-15)13-17(14)25-16)22-9-7-21(8-10-22)18-3-1-2-6-20-18/h1-3,6,11,15H,4-5,7-10,12-13H2. The van der Waals surface area contributed by atoms with E-state index in [2.05, 4.69) is 20.9 Å². The average Bonchev–Trinajstić information content (AvgIpc) is 3.32. The first-order valence-electron chi connectivity index (χ1n) is 9.09. The number of pyridine rings is 1. The van der Waals surface area contributed by atoms with Crippen LogP contribution < -0.4 is 4.90 Å². The molecule has 5 rings (SSSR count). The molecule has 4 heterocycles. The van der Waals surface area contributed by atoms with Crippen molar-refractivity contribution in [1.29, 1.82) is 0 Å². The molecule has 0 radical (unpaired) electrons.